The molecule has 0 saturated heterocycles. The molecule has 0 aliphatic carbocycles. The van der Waals surface area contributed by atoms with Crippen molar-refractivity contribution in [3.63, 3.8) is 0 Å². The average molecular weight is 500 g/mol. The third-order valence-electron chi connectivity index (χ3n) is 6.25. The summed E-state index contributed by atoms with van der Waals surface area (Å²) in [7, 11) is 0. The van der Waals surface area contributed by atoms with E-state index in [1.54, 1.807) is 12.1 Å². The molecule has 37 heavy (non-hydrogen) atoms. The number of hydrogen-bond donors (Lipinski definition) is 3. The number of amides is 3. The maximum absolute atomic E-state index is 12.8. The third kappa shape index (κ3) is 6.97. The molecule has 0 fully saturated rings. The van der Waals surface area contributed by atoms with Crippen molar-refractivity contribution in [1.82, 2.24) is 0 Å². The summed E-state index contributed by atoms with van der Waals surface area (Å²) in [5, 5.41) is 8.64. The molecule has 1 aliphatic heterocycles. The minimum absolute atomic E-state index is 0.0105. The minimum Gasteiger partial charge on any atom is -0.494 e. The zero-order valence-electron chi connectivity index (χ0n) is 21.5. The van der Waals surface area contributed by atoms with Gasteiger partial charge in [0.15, 0.2) is 0 Å². The van der Waals surface area contributed by atoms with Gasteiger partial charge in [0.25, 0.3) is 5.91 Å². The number of ether oxygens (including phenoxy) is 1. The van der Waals surface area contributed by atoms with Crippen molar-refractivity contribution in [2.45, 2.75) is 51.9 Å². The van der Waals surface area contributed by atoms with E-state index < -0.39 is 0 Å². The second-order valence-electron chi connectivity index (χ2n) is 10.2. The summed E-state index contributed by atoms with van der Waals surface area (Å²) in [6.07, 6.45) is 1.98. The monoisotopic (exact) mass is 499 g/mol. The van der Waals surface area contributed by atoms with Crippen LogP contribution >= 0.6 is 0 Å². The average Bonchev–Trinajstić information content (AvgIpc) is 2.87. The Labute approximate surface area is 217 Å². The molecule has 0 aromatic heterocycles. The SMILES string of the molecule is CC(C)(C)c1ccc(C(=O)Nc2ccccc2NC(=O)CCCOc2ccc3c(c2)CCC(=O)N3)cc1. The van der Waals surface area contributed by atoms with Gasteiger partial charge >= 0.3 is 0 Å². The smallest absolute Gasteiger partial charge is 0.255 e. The van der Waals surface area contributed by atoms with Crippen molar-refractivity contribution in [2.24, 2.45) is 0 Å². The van der Waals surface area contributed by atoms with E-state index in [2.05, 4.69) is 36.7 Å². The quantitative estimate of drug-likeness (QED) is 0.335. The number of hydrogen-bond acceptors (Lipinski definition) is 4. The van der Waals surface area contributed by atoms with Crippen LogP contribution in [0.15, 0.2) is 66.7 Å². The van der Waals surface area contributed by atoms with Gasteiger partial charge in [-0.2, -0.15) is 0 Å². The van der Waals surface area contributed by atoms with Gasteiger partial charge in [-0.15, -0.1) is 0 Å². The molecule has 0 atom stereocenters. The number of fused-ring (bicyclic) bond motifs is 1. The fraction of sp³-hybridized carbons (Fsp3) is 0.300. The van der Waals surface area contributed by atoms with Crippen LogP contribution in [0, 0.1) is 0 Å². The van der Waals surface area contributed by atoms with E-state index in [1.165, 1.54) is 0 Å². The molecule has 3 N–H and O–H groups in total. The predicted molar refractivity (Wildman–Crippen MR) is 146 cm³/mol. The molecule has 3 aromatic rings. The number of carbonyl (C=O) groups excluding carboxylic acids is 3. The molecule has 192 valence electrons. The maximum Gasteiger partial charge on any atom is 0.255 e. The van der Waals surface area contributed by atoms with Crippen LogP contribution in [0.25, 0.3) is 0 Å². The van der Waals surface area contributed by atoms with Crippen molar-refractivity contribution in [3.8, 4) is 5.75 Å². The highest BCUT2D eigenvalue weighted by Crippen LogP contribution is 2.27. The van der Waals surface area contributed by atoms with Gasteiger partial charge in [0.05, 0.1) is 18.0 Å². The molecule has 0 unspecified atom stereocenters. The van der Waals surface area contributed by atoms with E-state index in [-0.39, 0.29) is 29.6 Å². The highest BCUT2D eigenvalue weighted by atomic mass is 16.5. The Kier molecular flexibility index (Phi) is 7.92. The highest BCUT2D eigenvalue weighted by molar-refractivity contribution is 6.07. The van der Waals surface area contributed by atoms with Crippen molar-refractivity contribution in [3.05, 3.63) is 83.4 Å². The van der Waals surface area contributed by atoms with Gasteiger partial charge in [-0.3, -0.25) is 14.4 Å². The normalized spacial score (nSPS) is 12.8. The second-order valence-corrected chi connectivity index (χ2v) is 10.2. The first-order valence-corrected chi connectivity index (χ1v) is 12.6. The van der Waals surface area contributed by atoms with Gasteiger partial charge in [-0.1, -0.05) is 45.0 Å². The third-order valence-corrected chi connectivity index (χ3v) is 6.25. The first-order chi connectivity index (χ1) is 17.7. The zero-order chi connectivity index (χ0) is 26.4. The van der Waals surface area contributed by atoms with Gasteiger partial charge < -0.3 is 20.7 Å². The second kappa shape index (κ2) is 11.3. The van der Waals surface area contributed by atoms with Crippen molar-refractivity contribution < 1.29 is 19.1 Å². The zero-order valence-corrected chi connectivity index (χ0v) is 21.5. The Morgan fingerprint density at radius 1 is 0.919 bits per heavy atom. The molecule has 1 heterocycles. The van der Waals surface area contributed by atoms with Crippen LogP contribution in [-0.2, 0) is 21.4 Å². The summed E-state index contributed by atoms with van der Waals surface area (Å²) in [5.41, 5.74) is 4.69. The van der Waals surface area contributed by atoms with Gasteiger partial charge in [0.1, 0.15) is 5.75 Å². The van der Waals surface area contributed by atoms with Gasteiger partial charge in [-0.25, -0.2) is 0 Å². The first-order valence-electron chi connectivity index (χ1n) is 12.6. The van der Waals surface area contributed by atoms with Crippen LogP contribution in [0.5, 0.6) is 5.75 Å². The summed E-state index contributed by atoms with van der Waals surface area (Å²) in [4.78, 5) is 36.9. The Morgan fingerprint density at radius 3 is 2.32 bits per heavy atom. The summed E-state index contributed by atoms with van der Waals surface area (Å²) in [6, 6.07) is 20.3. The first kappa shape index (κ1) is 25.9. The van der Waals surface area contributed by atoms with Gasteiger partial charge in [0, 0.05) is 24.1 Å². The number of para-hydroxylation sites is 2. The van der Waals surface area contributed by atoms with Gasteiger partial charge in [-0.05, 0) is 71.8 Å². The largest absolute Gasteiger partial charge is 0.494 e. The fourth-order valence-corrected chi connectivity index (χ4v) is 4.10. The molecule has 7 heteroatoms. The lowest BCUT2D eigenvalue weighted by molar-refractivity contribution is -0.117. The Bertz CT molecular complexity index is 1290. The summed E-state index contributed by atoms with van der Waals surface area (Å²) >= 11 is 0. The Morgan fingerprint density at radius 2 is 1.62 bits per heavy atom. The van der Waals surface area contributed by atoms with Gasteiger partial charge in [0.2, 0.25) is 11.8 Å². The lowest BCUT2D eigenvalue weighted by Crippen LogP contribution is -2.19. The van der Waals surface area contributed by atoms with Crippen LogP contribution in [0.1, 0.15) is 61.5 Å². The molecular weight excluding hydrogens is 466 g/mol. The highest BCUT2D eigenvalue weighted by Gasteiger charge is 2.16. The van der Waals surface area contributed by atoms with Crippen LogP contribution in [0.2, 0.25) is 0 Å². The standard InChI is InChI=1S/C30H33N3O4/c1-30(2,3)22-13-10-20(11-14-22)29(36)33-26-8-5-4-7-25(26)32-27(34)9-6-18-37-23-15-16-24-21(19-23)12-17-28(35)31-24/h4-5,7-8,10-11,13-16,19H,6,9,12,17-18H2,1-3H3,(H,31,35)(H,32,34)(H,33,36). The van der Waals surface area contributed by atoms with E-state index in [4.69, 9.17) is 4.74 Å². The van der Waals surface area contributed by atoms with Crippen LogP contribution in [0.3, 0.4) is 0 Å². The van der Waals surface area contributed by atoms with Crippen LogP contribution in [-0.4, -0.2) is 24.3 Å². The molecule has 1 aliphatic rings. The molecule has 7 nitrogen and oxygen atoms in total. The minimum atomic E-state index is -0.236. The van der Waals surface area contributed by atoms with E-state index >= 15 is 0 Å². The number of nitrogens with one attached hydrogen (secondary N) is 3. The molecular formula is C30H33N3O4. The topological polar surface area (TPSA) is 96.5 Å². The molecule has 3 aromatic carbocycles. The van der Waals surface area contributed by atoms with Crippen LogP contribution < -0.4 is 20.7 Å². The van der Waals surface area contributed by atoms with E-state index in [1.807, 2.05) is 54.6 Å². The van der Waals surface area contributed by atoms with Crippen molar-refractivity contribution in [2.75, 3.05) is 22.6 Å². The van der Waals surface area contributed by atoms with E-state index in [0.29, 0.717) is 42.8 Å². The summed E-state index contributed by atoms with van der Waals surface area (Å²) in [6.45, 7) is 6.77. The Hall–Kier alpha value is -4.13. The lowest BCUT2D eigenvalue weighted by Gasteiger charge is -2.19. The predicted octanol–water partition coefficient (Wildman–Crippen LogP) is 5.92. The number of benzene rings is 3. The molecule has 0 saturated carbocycles. The number of carbonyl (C=O) groups is 3. The fourth-order valence-electron chi connectivity index (χ4n) is 4.10. The van der Waals surface area contributed by atoms with Crippen molar-refractivity contribution in [1.29, 1.82) is 0 Å². The van der Waals surface area contributed by atoms with E-state index in [9.17, 15) is 14.4 Å². The van der Waals surface area contributed by atoms with E-state index in [0.717, 1.165) is 22.6 Å². The molecule has 3 amide bonds. The molecule has 0 radical (unpaired) electrons. The lowest BCUT2D eigenvalue weighted by atomic mass is 9.87. The summed E-state index contributed by atoms with van der Waals surface area (Å²) in [5.74, 6) is 0.357. The van der Waals surface area contributed by atoms with Crippen molar-refractivity contribution >= 4 is 34.8 Å². The number of rotatable bonds is 8. The molecule has 4 rings (SSSR count). The maximum atomic E-state index is 12.8. The summed E-state index contributed by atoms with van der Waals surface area (Å²) < 4.78 is 5.80. The Balaban J connectivity index is 1.27. The van der Waals surface area contributed by atoms with Crippen LogP contribution in [0.4, 0.5) is 17.1 Å². The number of aryl methyl sites for hydroxylation is 1. The molecule has 0 bridgehead atoms. The molecule has 0 spiro atoms. The number of anilines is 3.